The van der Waals surface area contributed by atoms with Gasteiger partial charge < -0.3 is 10.1 Å². The minimum atomic E-state index is 0.570. The molecule has 0 unspecified atom stereocenters. The van der Waals surface area contributed by atoms with E-state index in [1.54, 1.807) is 18.2 Å². The lowest BCUT2D eigenvalue weighted by molar-refractivity contribution is 0.478. The Bertz CT molecular complexity index is 633. The molecule has 2 aromatic carbocycles. The van der Waals surface area contributed by atoms with Gasteiger partial charge in [-0.05, 0) is 55.2 Å². The second-order valence-electron chi connectivity index (χ2n) is 5.46. The molecule has 4 heteroatoms. The fourth-order valence-electron chi connectivity index (χ4n) is 2.20. The highest BCUT2D eigenvalue weighted by Crippen LogP contribution is 2.30. The first-order valence-electron chi connectivity index (χ1n) is 7.07. The van der Waals surface area contributed by atoms with Gasteiger partial charge in [0.15, 0.2) is 0 Å². The lowest BCUT2D eigenvalue weighted by Crippen LogP contribution is -2.15. The molecule has 1 saturated carbocycles. The molecule has 0 saturated heterocycles. The third-order valence-corrected chi connectivity index (χ3v) is 3.91. The molecule has 0 aliphatic heterocycles. The lowest BCUT2D eigenvalue weighted by Gasteiger charge is -2.11. The Morgan fingerprint density at radius 3 is 2.43 bits per heavy atom. The van der Waals surface area contributed by atoms with Crippen LogP contribution in [-0.2, 0) is 6.54 Å². The van der Waals surface area contributed by atoms with E-state index in [0.29, 0.717) is 15.8 Å². The SMILES string of the molecule is Cc1cc(CNC2CC2)ccc1Oc1cc(Cl)cc(Cl)c1. The van der Waals surface area contributed by atoms with Crippen molar-refractivity contribution in [1.29, 1.82) is 0 Å². The molecule has 0 heterocycles. The van der Waals surface area contributed by atoms with Crippen LogP contribution in [0.4, 0.5) is 0 Å². The molecule has 1 aliphatic rings. The first-order chi connectivity index (χ1) is 10.1. The van der Waals surface area contributed by atoms with Crippen LogP contribution in [0.1, 0.15) is 24.0 Å². The zero-order chi connectivity index (χ0) is 14.8. The molecule has 0 aromatic heterocycles. The molecule has 110 valence electrons. The molecule has 3 rings (SSSR count). The highest BCUT2D eigenvalue weighted by molar-refractivity contribution is 6.34. The fraction of sp³-hybridized carbons (Fsp3) is 0.294. The van der Waals surface area contributed by atoms with Crippen molar-refractivity contribution in [3.63, 3.8) is 0 Å². The summed E-state index contributed by atoms with van der Waals surface area (Å²) in [6.07, 6.45) is 2.60. The Kier molecular flexibility index (Phi) is 4.39. The molecule has 2 aromatic rings. The van der Waals surface area contributed by atoms with Crippen LogP contribution in [-0.4, -0.2) is 6.04 Å². The summed E-state index contributed by atoms with van der Waals surface area (Å²) in [5.74, 6) is 1.47. The second kappa shape index (κ2) is 6.27. The number of nitrogens with one attached hydrogen (secondary N) is 1. The Hall–Kier alpha value is -1.22. The minimum absolute atomic E-state index is 0.570. The van der Waals surface area contributed by atoms with E-state index < -0.39 is 0 Å². The van der Waals surface area contributed by atoms with E-state index in [2.05, 4.69) is 17.4 Å². The van der Waals surface area contributed by atoms with Crippen molar-refractivity contribution in [1.82, 2.24) is 5.32 Å². The van der Waals surface area contributed by atoms with Gasteiger partial charge in [-0.3, -0.25) is 0 Å². The molecule has 0 radical (unpaired) electrons. The Morgan fingerprint density at radius 2 is 1.81 bits per heavy atom. The van der Waals surface area contributed by atoms with Gasteiger partial charge >= 0.3 is 0 Å². The van der Waals surface area contributed by atoms with Crippen molar-refractivity contribution in [2.24, 2.45) is 0 Å². The minimum Gasteiger partial charge on any atom is -0.457 e. The highest BCUT2D eigenvalue weighted by atomic mass is 35.5. The summed E-state index contributed by atoms with van der Waals surface area (Å²) in [7, 11) is 0. The Morgan fingerprint density at radius 1 is 1.10 bits per heavy atom. The van der Waals surface area contributed by atoms with Gasteiger partial charge in [0.05, 0.1) is 0 Å². The van der Waals surface area contributed by atoms with Crippen LogP contribution in [0.15, 0.2) is 36.4 Å². The van der Waals surface area contributed by atoms with E-state index >= 15 is 0 Å². The summed E-state index contributed by atoms with van der Waals surface area (Å²) in [5.41, 5.74) is 2.37. The molecule has 0 spiro atoms. The van der Waals surface area contributed by atoms with Gasteiger partial charge in [-0.2, -0.15) is 0 Å². The first-order valence-corrected chi connectivity index (χ1v) is 7.82. The molecule has 1 N–H and O–H groups in total. The van der Waals surface area contributed by atoms with E-state index in [1.807, 2.05) is 13.0 Å². The zero-order valence-electron chi connectivity index (χ0n) is 11.8. The van der Waals surface area contributed by atoms with Gasteiger partial charge in [0, 0.05) is 22.6 Å². The van der Waals surface area contributed by atoms with Crippen LogP contribution >= 0.6 is 23.2 Å². The highest BCUT2D eigenvalue weighted by Gasteiger charge is 2.19. The predicted octanol–water partition coefficient (Wildman–Crippen LogP) is 5.35. The number of hydrogen-bond donors (Lipinski definition) is 1. The number of rotatable bonds is 5. The van der Waals surface area contributed by atoms with Crippen LogP contribution in [0.3, 0.4) is 0 Å². The number of hydrogen-bond acceptors (Lipinski definition) is 2. The summed E-state index contributed by atoms with van der Waals surface area (Å²) < 4.78 is 5.87. The first kappa shape index (κ1) is 14.7. The maximum atomic E-state index is 5.99. The summed E-state index contributed by atoms with van der Waals surface area (Å²) in [4.78, 5) is 0. The maximum absolute atomic E-state index is 5.99. The Labute approximate surface area is 135 Å². The molecular weight excluding hydrogens is 305 g/mol. The zero-order valence-corrected chi connectivity index (χ0v) is 13.3. The van der Waals surface area contributed by atoms with Crippen molar-refractivity contribution in [2.45, 2.75) is 32.4 Å². The molecule has 1 aliphatic carbocycles. The lowest BCUT2D eigenvalue weighted by atomic mass is 10.1. The van der Waals surface area contributed by atoms with Crippen LogP contribution in [0.25, 0.3) is 0 Å². The average Bonchev–Trinajstić information content (AvgIpc) is 3.22. The number of ether oxygens (including phenoxy) is 1. The third kappa shape index (κ3) is 4.13. The van der Waals surface area contributed by atoms with E-state index in [1.165, 1.54) is 18.4 Å². The van der Waals surface area contributed by atoms with E-state index in [0.717, 1.165) is 23.9 Å². The summed E-state index contributed by atoms with van der Waals surface area (Å²) in [6.45, 7) is 2.96. The smallest absolute Gasteiger partial charge is 0.130 e. The quantitative estimate of drug-likeness (QED) is 0.801. The molecule has 2 nitrogen and oxygen atoms in total. The van der Waals surface area contributed by atoms with E-state index in [9.17, 15) is 0 Å². The summed E-state index contributed by atoms with van der Waals surface area (Å²) in [6, 6.07) is 12.2. The standard InChI is InChI=1S/C17H17Cl2NO/c1-11-6-12(10-20-15-3-4-15)2-5-17(11)21-16-8-13(18)7-14(19)9-16/h2,5-9,15,20H,3-4,10H2,1H3. The van der Waals surface area contributed by atoms with Crippen molar-refractivity contribution in [3.8, 4) is 11.5 Å². The average molecular weight is 322 g/mol. The van der Waals surface area contributed by atoms with Gasteiger partial charge in [-0.25, -0.2) is 0 Å². The van der Waals surface area contributed by atoms with Crippen molar-refractivity contribution < 1.29 is 4.74 Å². The summed E-state index contributed by atoms with van der Waals surface area (Å²) >= 11 is 12.0. The topological polar surface area (TPSA) is 21.3 Å². The van der Waals surface area contributed by atoms with Crippen molar-refractivity contribution >= 4 is 23.2 Å². The molecule has 0 bridgehead atoms. The maximum Gasteiger partial charge on any atom is 0.130 e. The third-order valence-electron chi connectivity index (χ3n) is 3.48. The van der Waals surface area contributed by atoms with Crippen LogP contribution in [0.2, 0.25) is 10.0 Å². The van der Waals surface area contributed by atoms with Crippen molar-refractivity contribution in [2.75, 3.05) is 0 Å². The summed E-state index contributed by atoms with van der Waals surface area (Å²) in [5, 5.41) is 4.65. The number of halogens is 2. The van der Waals surface area contributed by atoms with Crippen LogP contribution in [0.5, 0.6) is 11.5 Å². The van der Waals surface area contributed by atoms with E-state index in [4.69, 9.17) is 27.9 Å². The van der Waals surface area contributed by atoms with Gasteiger partial charge in [-0.15, -0.1) is 0 Å². The van der Waals surface area contributed by atoms with Crippen LogP contribution in [0, 0.1) is 6.92 Å². The van der Waals surface area contributed by atoms with Gasteiger partial charge in [0.25, 0.3) is 0 Å². The molecular formula is C17H17Cl2NO. The Balaban J connectivity index is 1.72. The van der Waals surface area contributed by atoms with Gasteiger partial charge in [0.1, 0.15) is 11.5 Å². The largest absolute Gasteiger partial charge is 0.457 e. The van der Waals surface area contributed by atoms with Crippen LogP contribution < -0.4 is 10.1 Å². The van der Waals surface area contributed by atoms with Crippen molar-refractivity contribution in [3.05, 3.63) is 57.6 Å². The molecule has 1 fully saturated rings. The normalized spacial score (nSPS) is 14.2. The molecule has 21 heavy (non-hydrogen) atoms. The fourth-order valence-corrected chi connectivity index (χ4v) is 2.71. The second-order valence-corrected chi connectivity index (χ2v) is 6.34. The van der Waals surface area contributed by atoms with Gasteiger partial charge in [-0.1, -0.05) is 35.3 Å². The number of benzene rings is 2. The molecule has 0 atom stereocenters. The number of aryl methyl sites for hydroxylation is 1. The van der Waals surface area contributed by atoms with E-state index in [-0.39, 0.29) is 0 Å². The van der Waals surface area contributed by atoms with Gasteiger partial charge in [0.2, 0.25) is 0 Å². The predicted molar refractivity (Wildman–Crippen MR) is 87.6 cm³/mol. The molecule has 0 amide bonds. The monoisotopic (exact) mass is 321 g/mol.